The van der Waals surface area contributed by atoms with E-state index in [4.69, 9.17) is 9.47 Å². The van der Waals surface area contributed by atoms with E-state index in [1.165, 1.54) is 6.07 Å². The molecule has 0 aliphatic carbocycles. The molecule has 2 rings (SSSR count). The second-order valence-corrected chi connectivity index (χ2v) is 8.67. The molecule has 0 bridgehead atoms. The summed E-state index contributed by atoms with van der Waals surface area (Å²) in [7, 11) is 3.34. The summed E-state index contributed by atoms with van der Waals surface area (Å²) < 4.78 is 25.3. The zero-order valence-corrected chi connectivity index (χ0v) is 19.5. The molecule has 0 spiro atoms. The standard InChI is InChI=1S/C22H36FN5O3/c1-16(15-30-6)26-20(24-5)25-14-17-7-8-19(18(23)13-17)27-9-11-28(12-10-27)21(29)31-22(2,3)4/h7-8,13,16H,9-12,14-15H2,1-6H3,(H2,24,25,26). The molecule has 2 N–H and O–H groups in total. The number of piperazine rings is 1. The van der Waals surface area contributed by atoms with Gasteiger partial charge in [0, 0.05) is 52.9 Å². The van der Waals surface area contributed by atoms with E-state index < -0.39 is 5.60 Å². The molecule has 1 aliphatic rings. The van der Waals surface area contributed by atoms with Crippen molar-refractivity contribution in [3.05, 3.63) is 29.6 Å². The summed E-state index contributed by atoms with van der Waals surface area (Å²) in [6, 6.07) is 5.33. The third kappa shape index (κ3) is 7.90. The molecule has 1 fully saturated rings. The molecule has 1 aromatic carbocycles. The quantitative estimate of drug-likeness (QED) is 0.526. The van der Waals surface area contributed by atoms with Gasteiger partial charge >= 0.3 is 6.09 Å². The summed E-state index contributed by atoms with van der Waals surface area (Å²) in [4.78, 5) is 20.0. The van der Waals surface area contributed by atoms with Crippen LogP contribution in [-0.4, -0.2) is 75.5 Å². The van der Waals surface area contributed by atoms with E-state index in [0.717, 1.165) is 5.56 Å². The Bertz CT molecular complexity index is 758. The number of nitrogens with one attached hydrogen (secondary N) is 2. The summed E-state index contributed by atoms with van der Waals surface area (Å²) in [5.74, 6) is 0.355. The van der Waals surface area contributed by atoms with E-state index in [9.17, 15) is 9.18 Å². The van der Waals surface area contributed by atoms with Crippen molar-refractivity contribution in [2.75, 3.05) is 51.8 Å². The van der Waals surface area contributed by atoms with Crippen LogP contribution < -0.4 is 15.5 Å². The van der Waals surface area contributed by atoms with Crippen LogP contribution in [-0.2, 0) is 16.0 Å². The number of guanidine groups is 1. The largest absolute Gasteiger partial charge is 0.444 e. The molecule has 1 unspecified atom stereocenters. The number of hydrogen-bond donors (Lipinski definition) is 2. The Kier molecular flexibility index (Phi) is 8.91. The van der Waals surface area contributed by atoms with Crippen molar-refractivity contribution < 1.29 is 18.7 Å². The van der Waals surface area contributed by atoms with Gasteiger partial charge < -0.3 is 29.9 Å². The SMILES string of the molecule is CN=C(NCc1ccc(N2CCN(C(=O)OC(C)(C)C)CC2)c(F)c1)NC(C)COC. The Hall–Kier alpha value is -2.55. The number of nitrogens with zero attached hydrogens (tertiary/aromatic N) is 3. The zero-order valence-electron chi connectivity index (χ0n) is 19.5. The van der Waals surface area contributed by atoms with Crippen molar-refractivity contribution >= 4 is 17.7 Å². The molecule has 9 heteroatoms. The Morgan fingerprint density at radius 2 is 1.94 bits per heavy atom. The van der Waals surface area contributed by atoms with E-state index in [2.05, 4.69) is 15.6 Å². The van der Waals surface area contributed by atoms with Crippen LogP contribution in [0.1, 0.15) is 33.3 Å². The first-order valence-electron chi connectivity index (χ1n) is 10.6. The first kappa shape index (κ1) is 24.7. The minimum Gasteiger partial charge on any atom is -0.444 e. The van der Waals surface area contributed by atoms with Gasteiger partial charge in [-0.1, -0.05) is 6.07 Å². The van der Waals surface area contributed by atoms with Crippen molar-refractivity contribution in [2.24, 2.45) is 4.99 Å². The Morgan fingerprint density at radius 3 is 2.48 bits per heavy atom. The maximum absolute atomic E-state index is 14.8. The van der Waals surface area contributed by atoms with Crippen LogP contribution in [0.3, 0.4) is 0 Å². The second-order valence-electron chi connectivity index (χ2n) is 8.67. The number of anilines is 1. The lowest BCUT2D eigenvalue weighted by Gasteiger charge is -2.36. The molecule has 174 valence electrons. The summed E-state index contributed by atoms with van der Waals surface area (Å²) in [6.07, 6.45) is -0.323. The van der Waals surface area contributed by atoms with E-state index in [0.29, 0.717) is 51.0 Å². The second kappa shape index (κ2) is 11.2. The van der Waals surface area contributed by atoms with Gasteiger partial charge in [0.25, 0.3) is 0 Å². The van der Waals surface area contributed by atoms with Crippen LogP contribution >= 0.6 is 0 Å². The van der Waals surface area contributed by atoms with Gasteiger partial charge in [0.05, 0.1) is 12.3 Å². The highest BCUT2D eigenvalue weighted by Crippen LogP contribution is 2.22. The highest BCUT2D eigenvalue weighted by Gasteiger charge is 2.26. The van der Waals surface area contributed by atoms with Gasteiger partial charge in [-0.25, -0.2) is 9.18 Å². The highest BCUT2D eigenvalue weighted by atomic mass is 19.1. The van der Waals surface area contributed by atoms with Crippen molar-refractivity contribution in [2.45, 2.75) is 45.9 Å². The Morgan fingerprint density at radius 1 is 1.26 bits per heavy atom. The minimum absolute atomic E-state index is 0.106. The van der Waals surface area contributed by atoms with E-state index >= 15 is 0 Å². The van der Waals surface area contributed by atoms with Crippen LogP contribution in [0.4, 0.5) is 14.9 Å². The van der Waals surface area contributed by atoms with Crippen LogP contribution in [0.25, 0.3) is 0 Å². The number of ether oxygens (including phenoxy) is 2. The van der Waals surface area contributed by atoms with Crippen LogP contribution in [0, 0.1) is 5.82 Å². The predicted octanol–water partition coefficient (Wildman–Crippen LogP) is 2.58. The number of carbonyl (C=O) groups is 1. The molecule has 31 heavy (non-hydrogen) atoms. The maximum Gasteiger partial charge on any atom is 0.410 e. The normalized spacial score (nSPS) is 16.2. The minimum atomic E-state index is -0.524. The van der Waals surface area contributed by atoms with E-state index in [1.54, 1.807) is 25.1 Å². The molecule has 0 radical (unpaired) electrons. The van der Waals surface area contributed by atoms with Crippen LogP contribution in [0.15, 0.2) is 23.2 Å². The first-order chi connectivity index (χ1) is 14.6. The van der Waals surface area contributed by atoms with Crippen molar-refractivity contribution in [3.63, 3.8) is 0 Å². The van der Waals surface area contributed by atoms with Gasteiger partial charge in [0.1, 0.15) is 11.4 Å². The monoisotopic (exact) mass is 437 g/mol. The van der Waals surface area contributed by atoms with Gasteiger partial charge in [-0.2, -0.15) is 0 Å². The van der Waals surface area contributed by atoms with Gasteiger partial charge in [0.2, 0.25) is 0 Å². The molecule has 1 heterocycles. The molecule has 8 nitrogen and oxygen atoms in total. The van der Waals surface area contributed by atoms with Gasteiger partial charge in [0.15, 0.2) is 5.96 Å². The third-order valence-corrected chi connectivity index (χ3v) is 4.77. The molecule has 1 saturated heterocycles. The van der Waals surface area contributed by atoms with Crippen molar-refractivity contribution in [1.82, 2.24) is 15.5 Å². The van der Waals surface area contributed by atoms with Crippen LogP contribution in [0.2, 0.25) is 0 Å². The lowest BCUT2D eigenvalue weighted by Crippen LogP contribution is -2.50. The molecule has 0 saturated carbocycles. The van der Waals surface area contributed by atoms with Gasteiger partial charge in [-0.3, -0.25) is 4.99 Å². The number of aliphatic imine (C=N–C) groups is 1. The molecule has 1 amide bonds. The molecular formula is C22H36FN5O3. The summed E-state index contributed by atoms with van der Waals surface area (Å²) >= 11 is 0. The average molecular weight is 438 g/mol. The number of amides is 1. The molecule has 1 atom stereocenters. The van der Waals surface area contributed by atoms with Gasteiger partial charge in [-0.05, 0) is 45.4 Å². The predicted molar refractivity (Wildman–Crippen MR) is 121 cm³/mol. The zero-order chi connectivity index (χ0) is 23.0. The van der Waals surface area contributed by atoms with Crippen molar-refractivity contribution in [1.29, 1.82) is 0 Å². The lowest BCUT2D eigenvalue weighted by molar-refractivity contribution is 0.0240. The fourth-order valence-corrected chi connectivity index (χ4v) is 3.28. The highest BCUT2D eigenvalue weighted by molar-refractivity contribution is 5.79. The summed E-state index contributed by atoms with van der Waals surface area (Å²) in [5.41, 5.74) is 0.837. The number of rotatable bonds is 6. The first-order valence-corrected chi connectivity index (χ1v) is 10.6. The van der Waals surface area contributed by atoms with Gasteiger partial charge in [-0.15, -0.1) is 0 Å². The molecule has 1 aromatic rings. The number of benzene rings is 1. The molecule has 1 aliphatic heterocycles. The lowest BCUT2D eigenvalue weighted by atomic mass is 10.1. The fourth-order valence-electron chi connectivity index (χ4n) is 3.28. The number of halogens is 1. The Balaban J connectivity index is 1.89. The van der Waals surface area contributed by atoms with Crippen molar-refractivity contribution in [3.8, 4) is 0 Å². The fraction of sp³-hybridized carbons (Fsp3) is 0.636. The average Bonchev–Trinajstić information content (AvgIpc) is 2.70. The third-order valence-electron chi connectivity index (χ3n) is 4.77. The topological polar surface area (TPSA) is 78.4 Å². The van der Waals surface area contributed by atoms with E-state index in [-0.39, 0.29) is 18.0 Å². The molecule has 0 aromatic heterocycles. The smallest absolute Gasteiger partial charge is 0.410 e. The summed E-state index contributed by atoms with van der Waals surface area (Å²) in [6.45, 7) is 10.7. The van der Waals surface area contributed by atoms with E-state index in [1.807, 2.05) is 38.7 Å². The number of hydrogen-bond acceptors (Lipinski definition) is 5. The number of methoxy groups -OCH3 is 1. The molecular weight excluding hydrogens is 401 g/mol. The number of carbonyl (C=O) groups excluding carboxylic acids is 1. The maximum atomic E-state index is 14.8. The van der Waals surface area contributed by atoms with Crippen LogP contribution in [0.5, 0.6) is 0 Å². The Labute approximate surface area is 184 Å². The summed E-state index contributed by atoms with van der Waals surface area (Å²) in [5, 5.41) is 6.40.